The molecule has 0 aromatic rings. The SMILES string of the molecule is COC(=O)[C@]1(C)CCC[C@@]2(C)C1CC[C@@H]1[C@@H](O)[C@@](C)(CCO)CC[C@@H]12. The molecule has 4 heteroatoms. The average Bonchev–Trinajstić information content (AvgIpc) is 2.57. The molecule has 0 heterocycles. The first-order valence-electron chi connectivity index (χ1n) is 10.1. The van der Waals surface area contributed by atoms with Gasteiger partial charge in [-0.1, -0.05) is 20.3 Å². The molecule has 144 valence electrons. The fourth-order valence-electron chi connectivity index (χ4n) is 7.13. The minimum absolute atomic E-state index is 0.0525. The van der Waals surface area contributed by atoms with Gasteiger partial charge in [-0.15, -0.1) is 0 Å². The van der Waals surface area contributed by atoms with Crippen molar-refractivity contribution in [2.24, 2.45) is 34.0 Å². The van der Waals surface area contributed by atoms with Crippen molar-refractivity contribution in [3.63, 3.8) is 0 Å². The number of fused-ring (bicyclic) bond motifs is 3. The van der Waals surface area contributed by atoms with Gasteiger partial charge in [0.25, 0.3) is 0 Å². The van der Waals surface area contributed by atoms with Crippen LogP contribution in [-0.4, -0.2) is 36.0 Å². The molecule has 0 bridgehead atoms. The quantitative estimate of drug-likeness (QED) is 0.763. The van der Waals surface area contributed by atoms with Crippen molar-refractivity contribution in [3.8, 4) is 0 Å². The van der Waals surface area contributed by atoms with Crippen molar-refractivity contribution in [3.05, 3.63) is 0 Å². The van der Waals surface area contributed by atoms with Gasteiger partial charge in [-0.25, -0.2) is 0 Å². The number of esters is 1. The second-order valence-corrected chi connectivity index (χ2v) is 9.78. The Kier molecular flexibility index (Phi) is 5.00. The lowest BCUT2D eigenvalue weighted by atomic mass is 9.42. The van der Waals surface area contributed by atoms with E-state index in [1.807, 2.05) is 0 Å². The third-order valence-electron chi connectivity index (χ3n) is 8.61. The molecule has 0 aromatic carbocycles. The monoisotopic (exact) mass is 352 g/mol. The van der Waals surface area contributed by atoms with Crippen molar-refractivity contribution >= 4 is 5.97 Å². The maximum absolute atomic E-state index is 12.6. The van der Waals surface area contributed by atoms with Crippen molar-refractivity contribution in [1.82, 2.24) is 0 Å². The molecular weight excluding hydrogens is 316 g/mol. The molecule has 3 saturated carbocycles. The third kappa shape index (κ3) is 2.75. The summed E-state index contributed by atoms with van der Waals surface area (Å²) in [7, 11) is 1.51. The molecule has 3 aliphatic carbocycles. The Morgan fingerprint density at radius 1 is 1.12 bits per heavy atom. The molecule has 0 amide bonds. The van der Waals surface area contributed by atoms with Gasteiger partial charge in [-0.05, 0) is 80.5 Å². The average molecular weight is 353 g/mol. The van der Waals surface area contributed by atoms with E-state index in [0.717, 1.165) is 44.9 Å². The number of carbonyl (C=O) groups excluding carboxylic acids is 1. The van der Waals surface area contributed by atoms with Gasteiger partial charge in [-0.3, -0.25) is 4.79 Å². The smallest absolute Gasteiger partial charge is 0.311 e. The summed E-state index contributed by atoms with van der Waals surface area (Å²) >= 11 is 0. The fourth-order valence-corrected chi connectivity index (χ4v) is 7.13. The molecule has 0 saturated heterocycles. The van der Waals surface area contributed by atoms with Crippen LogP contribution >= 0.6 is 0 Å². The lowest BCUT2D eigenvalue weighted by Gasteiger charge is -2.63. The van der Waals surface area contributed by atoms with Gasteiger partial charge in [0.15, 0.2) is 0 Å². The van der Waals surface area contributed by atoms with Gasteiger partial charge in [0.05, 0.1) is 18.6 Å². The standard InChI is InChI=1S/C21H36O4/c1-19(12-13-22)11-8-15-14(17(19)23)6-7-16-20(15,2)9-5-10-21(16,3)18(24)25-4/h14-17,22-23H,5-13H2,1-4H3/t14-,15-,16?,17+,19+,20+,21+/m0/s1. The van der Waals surface area contributed by atoms with Gasteiger partial charge < -0.3 is 14.9 Å². The van der Waals surface area contributed by atoms with Crippen LogP contribution in [0.5, 0.6) is 0 Å². The van der Waals surface area contributed by atoms with Crippen LogP contribution in [0.4, 0.5) is 0 Å². The van der Waals surface area contributed by atoms with Gasteiger partial charge in [0.1, 0.15) is 0 Å². The predicted octanol–water partition coefficient (Wildman–Crippen LogP) is 3.54. The molecule has 3 aliphatic rings. The molecule has 2 N–H and O–H groups in total. The summed E-state index contributed by atoms with van der Waals surface area (Å²) in [5, 5.41) is 20.6. The van der Waals surface area contributed by atoms with E-state index in [2.05, 4.69) is 20.8 Å². The lowest BCUT2D eigenvalue weighted by molar-refractivity contribution is -0.192. The van der Waals surface area contributed by atoms with E-state index in [-0.39, 0.29) is 34.9 Å². The number of rotatable bonds is 3. The summed E-state index contributed by atoms with van der Waals surface area (Å²) in [4.78, 5) is 12.6. The van der Waals surface area contributed by atoms with E-state index >= 15 is 0 Å². The van der Waals surface area contributed by atoms with Gasteiger partial charge in [0, 0.05) is 6.61 Å². The molecule has 0 spiro atoms. The maximum atomic E-state index is 12.6. The predicted molar refractivity (Wildman–Crippen MR) is 96.8 cm³/mol. The highest BCUT2D eigenvalue weighted by atomic mass is 16.5. The second kappa shape index (κ2) is 6.53. The van der Waals surface area contributed by atoms with E-state index in [0.29, 0.717) is 24.2 Å². The van der Waals surface area contributed by atoms with Gasteiger partial charge >= 0.3 is 5.97 Å². The number of ether oxygens (including phenoxy) is 1. The van der Waals surface area contributed by atoms with Gasteiger partial charge in [-0.2, -0.15) is 0 Å². The van der Waals surface area contributed by atoms with Crippen LogP contribution in [0.25, 0.3) is 0 Å². The molecule has 7 atom stereocenters. The van der Waals surface area contributed by atoms with E-state index in [1.54, 1.807) is 0 Å². The highest BCUT2D eigenvalue weighted by Crippen LogP contribution is 2.65. The fraction of sp³-hybridized carbons (Fsp3) is 0.952. The normalized spacial score (nSPS) is 49.8. The number of methoxy groups -OCH3 is 1. The highest BCUT2D eigenvalue weighted by Gasteiger charge is 2.62. The molecule has 1 unspecified atom stereocenters. The second-order valence-electron chi connectivity index (χ2n) is 9.78. The zero-order valence-corrected chi connectivity index (χ0v) is 16.4. The van der Waals surface area contributed by atoms with Crippen molar-refractivity contribution in [2.75, 3.05) is 13.7 Å². The molecule has 0 aromatic heterocycles. The first kappa shape index (κ1) is 19.2. The van der Waals surface area contributed by atoms with E-state index in [1.165, 1.54) is 7.11 Å². The maximum Gasteiger partial charge on any atom is 0.311 e. The van der Waals surface area contributed by atoms with Crippen LogP contribution < -0.4 is 0 Å². The number of hydrogen-bond donors (Lipinski definition) is 2. The van der Waals surface area contributed by atoms with Crippen LogP contribution in [0.15, 0.2) is 0 Å². The van der Waals surface area contributed by atoms with Crippen molar-refractivity contribution in [2.45, 2.75) is 78.2 Å². The van der Waals surface area contributed by atoms with Crippen LogP contribution in [0.2, 0.25) is 0 Å². The topological polar surface area (TPSA) is 66.8 Å². The molecule has 0 aliphatic heterocycles. The Morgan fingerprint density at radius 2 is 1.84 bits per heavy atom. The Bertz CT molecular complexity index is 520. The summed E-state index contributed by atoms with van der Waals surface area (Å²) in [6.07, 6.45) is 7.51. The number of aliphatic hydroxyl groups is 2. The van der Waals surface area contributed by atoms with Crippen molar-refractivity contribution in [1.29, 1.82) is 0 Å². The molecule has 3 fully saturated rings. The van der Waals surface area contributed by atoms with E-state index in [9.17, 15) is 15.0 Å². The number of aliphatic hydroxyl groups excluding tert-OH is 2. The molecular formula is C21H36O4. The molecule has 4 nitrogen and oxygen atoms in total. The van der Waals surface area contributed by atoms with E-state index in [4.69, 9.17) is 4.74 Å². The zero-order chi connectivity index (χ0) is 18.5. The number of hydrogen-bond acceptors (Lipinski definition) is 4. The largest absolute Gasteiger partial charge is 0.469 e. The van der Waals surface area contributed by atoms with Crippen molar-refractivity contribution < 1.29 is 19.7 Å². The minimum Gasteiger partial charge on any atom is -0.469 e. The Labute approximate surface area is 152 Å². The van der Waals surface area contributed by atoms with E-state index < -0.39 is 0 Å². The zero-order valence-electron chi connectivity index (χ0n) is 16.4. The summed E-state index contributed by atoms with van der Waals surface area (Å²) < 4.78 is 5.19. The van der Waals surface area contributed by atoms with Gasteiger partial charge in [0.2, 0.25) is 0 Å². The Balaban J connectivity index is 1.90. The summed E-state index contributed by atoms with van der Waals surface area (Å²) in [5.41, 5.74) is -0.450. The Hall–Kier alpha value is -0.610. The lowest BCUT2D eigenvalue weighted by Crippen LogP contribution is -2.60. The first-order chi connectivity index (χ1) is 11.7. The summed E-state index contributed by atoms with van der Waals surface area (Å²) in [6, 6.07) is 0. The number of carbonyl (C=O) groups is 1. The molecule has 3 rings (SSSR count). The first-order valence-corrected chi connectivity index (χ1v) is 10.1. The van der Waals surface area contributed by atoms with Crippen LogP contribution in [0, 0.1) is 34.0 Å². The highest BCUT2D eigenvalue weighted by molar-refractivity contribution is 5.77. The van der Waals surface area contributed by atoms with Crippen LogP contribution in [0.1, 0.15) is 72.1 Å². The molecule has 0 radical (unpaired) electrons. The summed E-state index contributed by atoms with van der Waals surface area (Å²) in [5.74, 6) is 1.06. The third-order valence-corrected chi connectivity index (χ3v) is 8.61. The minimum atomic E-state index is -0.385. The Morgan fingerprint density at radius 3 is 2.48 bits per heavy atom. The van der Waals surface area contributed by atoms with Crippen LogP contribution in [-0.2, 0) is 9.53 Å². The summed E-state index contributed by atoms with van der Waals surface area (Å²) in [6.45, 7) is 6.76. The van der Waals surface area contributed by atoms with Crippen LogP contribution in [0.3, 0.4) is 0 Å². The molecule has 25 heavy (non-hydrogen) atoms.